The number of ether oxygens (including phenoxy) is 1. The van der Waals surface area contributed by atoms with Gasteiger partial charge in [-0.2, -0.15) is 9.36 Å². The van der Waals surface area contributed by atoms with Gasteiger partial charge in [-0.1, -0.05) is 11.6 Å². The van der Waals surface area contributed by atoms with Crippen LogP contribution in [0.2, 0.25) is 5.02 Å². The molecule has 0 unspecified atom stereocenters. The standard InChI is InChI=1S/C18H15ClFN3O2S/c1-10-9-14(7-8-15(10)19)25-11(2)17(24)22-18-21-16(23-26-18)12-3-5-13(20)6-4-12/h3-9,11H,1-2H3,(H,21,22,23,24)/t11-/m1/s1. The second kappa shape index (κ2) is 7.80. The first-order valence-electron chi connectivity index (χ1n) is 7.75. The van der Waals surface area contributed by atoms with Gasteiger partial charge in [-0.15, -0.1) is 0 Å². The lowest BCUT2D eigenvalue weighted by atomic mass is 10.2. The summed E-state index contributed by atoms with van der Waals surface area (Å²) in [6.07, 6.45) is -0.728. The molecule has 0 saturated heterocycles. The molecule has 0 aliphatic rings. The minimum Gasteiger partial charge on any atom is -0.481 e. The number of hydrogen-bond donors (Lipinski definition) is 1. The van der Waals surface area contributed by atoms with Crippen molar-refractivity contribution in [2.24, 2.45) is 0 Å². The van der Waals surface area contributed by atoms with Crippen LogP contribution in [0.5, 0.6) is 5.75 Å². The Balaban J connectivity index is 1.64. The van der Waals surface area contributed by atoms with Gasteiger partial charge in [0.2, 0.25) is 5.13 Å². The van der Waals surface area contributed by atoms with E-state index in [1.54, 1.807) is 37.3 Å². The molecule has 0 aliphatic carbocycles. The number of carbonyl (C=O) groups is 1. The van der Waals surface area contributed by atoms with Crippen LogP contribution in [0, 0.1) is 12.7 Å². The summed E-state index contributed by atoms with van der Waals surface area (Å²) in [6, 6.07) is 11.0. The summed E-state index contributed by atoms with van der Waals surface area (Å²) in [4.78, 5) is 16.5. The maximum atomic E-state index is 13.0. The molecule has 3 aromatic rings. The van der Waals surface area contributed by atoms with Gasteiger partial charge >= 0.3 is 0 Å². The fourth-order valence-corrected chi connectivity index (χ4v) is 2.86. The van der Waals surface area contributed by atoms with Crippen molar-refractivity contribution in [1.82, 2.24) is 9.36 Å². The number of carbonyl (C=O) groups excluding carboxylic acids is 1. The van der Waals surface area contributed by atoms with E-state index in [0.29, 0.717) is 27.3 Å². The van der Waals surface area contributed by atoms with Gasteiger partial charge in [0.25, 0.3) is 5.91 Å². The molecule has 8 heteroatoms. The van der Waals surface area contributed by atoms with E-state index in [1.807, 2.05) is 6.92 Å². The lowest BCUT2D eigenvalue weighted by Gasteiger charge is -2.14. The molecule has 0 saturated carbocycles. The van der Waals surface area contributed by atoms with Crippen molar-refractivity contribution in [2.45, 2.75) is 20.0 Å². The van der Waals surface area contributed by atoms with Gasteiger partial charge in [-0.05, 0) is 61.9 Å². The monoisotopic (exact) mass is 391 g/mol. The third-order valence-electron chi connectivity index (χ3n) is 3.57. The molecule has 0 spiro atoms. The van der Waals surface area contributed by atoms with Crippen molar-refractivity contribution in [2.75, 3.05) is 5.32 Å². The third-order valence-corrected chi connectivity index (χ3v) is 4.62. The number of halogens is 2. The van der Waals surface area contributed by atoms with E-state index in [9.17, 15) is 9.18 Å². The predicted octanol–water partition coefficient (Wildman–Crippen LogP) is 4.71. The number of anilines is 1. The highest BCUT2D eigenvalue weighted by Gasteiger charge is 2.17. The molecule has 1 heterocycles. The highest BCUT2D eigenvalue weighted by atomic mass is 35.5. The van der Waals surface area contributed by atoms with Crippen molar-refractivity contribution in [1.29, 1.82) is 0 Å². The average Bonchev–Trinajstić information content (AvgIpc) is 3.07. The van der Waals surface area contributed by atoms with E-state index in [-0.39, 0.29) is 11.7 Å². The minimum atomic E-state index is -0.728. The van der Waals surface area contributed by atoms with Crippen molar-refractivity contribution in [3.8, 4) is 17.1 Å². The normalized spacial score (nSPS) is 11.8. The second-order valence-corrected chi connectivity index (χ2v) is 6.75. The molecule has 26 heavy (non-hydrogen) atoms. The van der Waals surface area contributed by atoms with Gasteiger partial charge in [0, 0.05) is 22.1 Å². The van der Waals surface area contributed by atoms with Gasteiger partial charge in [-0.3, -0.25) is 10.1 Å². The summed E-state index contributed by atoms with van der Waals surface area (Å²) in [5.74, 6) is 0.298. The first kappa shape index (κ1) is 18.3. The van der Waals surface area contributed by atoms with Gasteiger partial charge in [0.05, 0.1) is 0 Å². The molecule has 1 N–H and O–H groups in total. The van der Waals surface area contributed by atoms with Crippen LogP contribution < -0.4 is 10.1 Å². The number of nitrogens with one attached hydrogen (secondary N) is 1. The van der Waals surface area contributed by atoms with E-state index in [2.05, 4.69) is 14.7 Å². The number of rotatable bonds is 5. The van der Waals surface area contributed by atoms with Crippen LogP contribution in [0.1, 0.15) is 12.5 Å². The molecular formula is C18H15ClFN3O2S. The molecule has 5 nitrogen and oxygen atoms in total. The minimum absolute atomic E-state index is 0.332. The van der Waals surface area contributed by atoms with Crippen LogP contribution in [0.4, 0.5) is 9.52 Å². The molecule has 2 aromatic carbocycles. The van der Waals surface area contributed by atoms with Crippen molar-refractivity contribution >= 4 is 34.2 Å². The van der Waals surface area contributed by atoms with Crippen LogP contribution in [0.15, 0.2) is 42.5 Å². The first-order chi connectivity index (χ1) is 12.4. The molecule has 0 fully saturated rings. The zero-order valence-corrected chi connectivity index (χ0v) is 15.6. The molecule has 1 aromatic heterocycles. The van der Waals surface area contributed by atoms with Crippen LogP contribution in [-0.4, -0.2) is 21.4 Å². The van der Waals surface area contributed by atoms with Crippen LogP contribution in [-0.2, 0) is 4.79 Å². The van der Waals surface area contributed by atoms with Crippen molar-refractivity contribution < 1.29 is 13.9 Å². The summed E-state index contributed by atoms with van der Waals surface area (Å²) < 4.78 is 22.8. The molecule has 1 amide bonds. The molecule has 3 rings (SSSR count). The lowest BCUT2D eigenvalue weighted by Crippen LogP contribution is -2.30. The van der Waals surface area contributed by atoms with Crippen molar-refractivity contribution in [3.05, 3.63) is 58.9 Å². The Morgan fingerprint density at radius 3 is 2.69 bits per heavy atom. The van der Waals surface area contributed by atoms with Gasteiger partial charge in [0.15, 0.2) is 11.9 Å². The maximum absolute atomic E-state index is 13.0. The third kappa shape index (κ3) is 4.36. The van der Waals surface area contributed by atoms with E-state index >= 15 is 0 Å². The SMILES string of the molecule is Cc1cc(O[C@H](C)C(=O)Nc2nc(-c3ccc(F)cc3)ns2)ccc1Cl. The maximum Gasteiger partial charge on any atom is 0.266 e. The molecule has 0 aliphatic heterocycles. The smallest absolute Gasteiger partial charge is 0.266 e. The van der Waals surface area contributed by atoms with E-state index in [0.717, 1.165) is 17.1 Å². The topological polar surface area (TPSA) is 64.1 Å². The Hall–Kier alpha value is -2.51. The number of nitrogens with zero attached hydrogens (tertiary/aromatic N) is 2. The Bertz CT molecular complexity index is 930. The Labute approximate surface area is 159 Å². The highest BCUT2D eigenvalue weighted by molar-refractivity contribution is 7.10. The first-order valence-corrected chi connectivity index (χ1v) is 8.91. The zero-order chi connectivity index (χ0) is 18.7. The quantitative estimate of drug-likeness (QED) is 0.684. The van der Waals surface area contributed by atoms with E-state index in [4.69, 9.17) is 16.3 Å². The van der Waals surface area contributed by atoms with Gasteiger partial charge < -0.3 is 4.74 Å². The molecule has 0 bridgehead atoms. The largest absolute Gasteiger partial charge is 0.481 e. The summed E-state index contributed by atoms with van der Waals surface area (Å²) in [5, 5.41) is 3.65. The van der Waals surface area contributed by atoms with Crippen LogP contribution in [0.3, 0.4) is 0 Å². The van der Waals surface area contributed by atoms with Crippen LogP contribution >= 0.6 is 23.1 Å². The molecule has 134 valence electrons. The Kier molecular flexibility index (Phi) is 5.49. The Morgan fingerprint density at radius 2 is 2.00 bits per heavy atom. The second-order valence-electron chi connectivity index (χ2n) is 5.59. The Morgan fingerprint density at radius 1 is 1.27 bits per heavy atom. The number of hydrogen-bond acceptors (Lipinski definition) is 5. The fourth-order valence-electron chi connectivity index (χ4n) is 2.15. The average molecular weight is 392 g/mol. The predicted molar refractivity (Wildman–Crippen MR) is 100 cm³/mol. The fraction of sp³-hybridized carbons (Fsp3) is 0.167. The van der Waals surface area contributed by atoms with Crippen LogP contribution in [0.25, 0.3) is 11.4 Å². The number of benzene rings is 2. The number of aromatic nitrogens is 2. The van der Waals surface area contributed by atoms with E-state index < -0.39 is 6.10 Å². The molecular weight excluding hydrogens is 377 g/mol. The summed E-state index contributed by atoms with van der Waals surface area (Å²) >= 11 is 7.02. The summed E-state index contributed by atoms with van der Waals surface area (Å²) in [6.45, 7) is 3.50. The number of amides is 1. The molecule has 1 atom stereocenters. The highest BCUT2D eigenvalue weighted by Crippen LogP contribution is 2.23. The van der Waals surface area contributed by atoms with Crippen molar-refractivity contribution in [3.63, 3.8) is 0 Å². The van der Waals surface area contributed by atoms with Gasteiger partial charge in [-0.25, -0.2) is 4.39 Å². The van der Waals surface area contributed by atoms with E-state index in [1.165, 1.54) is 12.1 Å². The lowest BCUT2D eigenvalue weighted by molar-refractivity contribution is -0.122. The van der Waals surface area contributed by atoms with Gasteiger partial charge in [0.1, 0.15) is 11.6 Å². The number of aryl methyl sites for hydroxylation is 1. The summed E-state index contributed by atoms with van der Waals surface area (Å²) in [5.41, 5.74) is 1.54. The summed E-state index contributed by atoms with van der Waals surface area (Å²) in [7, 11) is 0. The molecule has 0 radical (unpaired) electrons. The zero-order valence-electron chi connectivity index (χ0n) is 14.0.